The fraction of sp³-hybridized carbons (Fsp3) is 0.647. The van der Waals surface area contributed by atoms with Crippen molar-refractivity contribution in [2.45, 2.75) is 46.6 Å². The van der Waals surface area contributed by atoms with Crippen LogP contribution < -0.4 is 10.6 Å². The molecule has 0 aromatic heterocycles. The predicted molar refractivity (Wildman–Crippen MR) is 83.6 cm³/mol. The zero-order chi connectivity index (χ0) is 14.0. The number of nitrogens with two attached hydrogens (primary N) is 1. The Labute approximate surface area is 118 Å². The Balaban J connectivity index is 2.00. The Bertz CT molecular complexity index is 400. The van der Waals surface area contributed by atoms with Crippen LogP contribution in [0, 0.1) is 11.3 Å². The van der Waals surface area contributed by atoms with Crippen LogP contribution in [0.15, 0.2) is 24.3 Å². The fourth-order valence-electron chi connectivity index (χ4n) is 2.92. The molecule has 1 heterocycles. The van der Waals surface area contributed by atoms with E-state index >= 15 is 0 Å². The first-order valence-corrected chi connectivity index (χ1v) is 7.46. The van der Waals surface area contributed by atoms with Gasteiger partial charge in [0.2, 0.25) is 0 Å². The van der Waals surface area contributed by atoms with E-state index in [2.05, 4.69) is 56.9 Å². The lowest BCUT2D eigenvalue weighted by atomic mass is 9.80. The summed E-state index contributed by atoms with van der Waals surface area (Å²) in [4.78, 5) is 2.52. The van der Waals surface area contributed by atoms with Gasteiger partial charge in [0.25, 0.3) is 0 Å². The molecule has 2 atom stereocenters. The van der Waals surface area contributed by atoms with Crippen LogP contribution in [-0.2, 0) is 6.42 Å². The highest BCUT2D eigenvalue weighted by Crippen LogP contribution is 2.35. The summed E-state index contributed by atoms with van der Waals surface area (Å²) in [7, 11) is 0. The zero-order valence-corrected chi connectivity index (χ0v) is 12.8. The largest absolute Gasteiger partial charge is 0.371 e. The van der Waals surface area contributed by atoms with Gasteiger partial charge in [-0.15, -0.1) is 0 Å². The third-order valence-corrected chi connectivity index (χ3v) is 4.27. The van der Waals surface area contributed by atoms with Crippen LogP contribution in [0.1, 0.15) is 39.7 Å². The minimum absolute atomic E-state index is 0.239. The molecule has 2 rings (SSSR count). The van der Waals surface area contributed by atoms with Crippen LogP contribution in [0.25, 0.3) is 0 Å². The van der Waals surface area contributed by atoms with Crippen molar-refractivity contribution in [2.75, 3.05) is 18.0 Å². The van der Waals surface area contributed by atoms with Crippen LogP contribution in [-0.4, -0.2) is 19.1 Å². The van der Waals surface area contributed by atoms with Gasteiger partial charge in [-0.2, -0.15) is 0 Å². The zero-order valence-electron chi connectivity index (χ0n) is 12.8. The number of nitrogens with zero attached hydrogens (tertiary/aromatic N) is 1. The van der Waals surface area contributed by atoms with Gasteiger partial charge in [-0.05, 0) is 48.8 Å². The molecule has 1 aromatic carbocycles. The predicted octanol–water partition coefficient (Wildman–Crippen LogP) is 3.45. The average molecular weight is 260 g/mol. The van der Waals surface area contributed by atoms with Gasteiger partial charge in [0.05, 0.1) is 0 Å². The number of benzene rings is 1. The highest BCUT2D eigenvalue weighted by molar-refractivity contribution is 5.48. The van der Waals surface area contributed by atoms with Crippen molar-refractivity contribution in [3.05, 3.63) is 29.8 Å². The van der Waals surface area contributed by atoms with Crippen molar-refractivity contribution >= 4 is 5.69 Å². The van der Waals surface area contributed by atoms with Gasteiger partial charge < -0.3 is 10.6 Å². The summed E-state index contributed by atoms with van der Waals surface area (Å²) >= 11 is 0. The Morgan fingerprint density at radius 3 is 2.37 bits per heavy atom. The molecule has 1 saturated heterocycles. The Morgan fingerprint density at radius 1 is 1.26 bits per heavy atom. The Morgan fingerprint density at radius 2 is 1.89 bits per heavy atom. The van der Waals surface area contributed by atoms with Gasteiger partial charge in [0, 0.05) is 24.8 Å². The maximum atomic E-state index is 5.84. The number of anilines is 1. The second kappa shape index (κ2) is 5.54. The average Bonchev–Trinajstić information content (AvgIpc) is 2.78. The van der Waals surface area contributed by atoms with E-state index in [0.29, 0.717) is 5.41 Å². The molecule has 0 radical (unpaired) electrons. The molecule has 1 aromatic rings. The van der Waals surface area contributed by atoms with Crippen LogP contribution in [0.2, 0.25) is 0 Å². The highest BCUT2D eigenvalue weighted by atomic mass is 15.2. The normalized spacial score (nSPS) is 21.7. The number of hydrogen-bond acceptors (Lipinski definition) is 2. The quantitative estimate of drug-likeness (QED) is 0.902. The first-order chi connectivity index (χ1) is 8.86. The lowest BCUT2D eigenvalue weighted by Crippen LogP contribution is -2.25. The molecule has 106 valence electrons. The molecule has 0 aliphatic carbocycles. The summed E-state index contributed by atoms with van der Waals surface area (Å²) in [6.45, 7) is 11.5. The van der Waals surface area contributed by atoms with Gasteiger partial charge in [-0.3, -0.25) is 0 Å². The van der Waals surface area contributed by atoms with Crippen LogP contribution in [0.3, 0.4) is 0 Å². The monoisotopic (exact) mass is 260 g/mol. The topological polar surface area (TPSA) is 29.3 Å². The van der Waals surface area contributed by atoms with E-state index in [0.717, 1.165) is 12.3 Å². The van der Waals surface area contributed by atoms with Gasteiger partial charge in [0.1, 0.15) is 0 Å². The molecule has 2 N–H and O–H groups in total. The molecule has 1 fully saturated rings. The molecular formula is C17H28N2. The van der Waals surface area contributed by atoms with Gasteiger partial charge in [-0.25, -0.2) is 0 Å². The molecule has 0 bridgehead atoms. The van der Waals surface area contributed by atoms with E-state index < -0.39 is 0 Å². The Hall–Kier alpha value is -1.02. The molecule has 2 unspecified atom stereocenters. The van der Waals surface area contributed by atoms with Crippen LogP contribution in [0.4, 0.5) is 5.69 Å². The summed E-state index contributed by atoms with van der Waals surface area (Å²) in [5, 5.41) is 0. The van der Waals surface area contributed by atoms with Crippen molar-refractivity contribution < 1.29 is 0 Å². The minimum Gasteiger partial charge on any atom is -0.371 e. The van der Waals surface area contributed by atoms with E-state index in [9.17, 15) is 0 Å². The summed E-state index contributed by atoms with van der Waals surface area (Å²) in [6, 6.07) is 9.19. The van der Waals surface area contributed by atoms with Crippen molar-refractivity contribution in [1.82, 2.24) is 0 Å². The van der Waals surface area contributed by atoms with Crippen molar-refractivity contribution in [2.24, 2.45) is 17.1 Å². The molecule has 0 spiro atoms. The molecule has 0 amide bonds. The van der Waals surface area contributed by atoms with E-state index in [1.165, 1.54) is 30.8 Å². The lowest BCUT2D eigenvalue weighted by Gasteiger charge is -2.27. The Kier molecular flexibility index (Phi) is 4.19. The van der Waals surface area contributed by atoms with Crippen LogP contribution >= 0.6 is 0 Å². The third kappa shape index (κ3) is 3.73. The van der Waals surface area contributed by atoms with Crippen molar-refractivity contribution in [1.29, 1.82) is 0 Å². The summed E-state index contributed by atoms with van der Waals surface area (Å²) in [6.07, 6.45) is 2.27. The molecular weight excluding hydrogens is 232 g/mol. The maximum absolute atomic E-state index is 5.84. The van der Waals surface area contributed by atoms with Crippen molar-refractivity contribution in [3.8, 4) is 0 Å². The van der Waals surface area contributed by atoms with Crippen molar-refractivity contribution in [3.63, 3.8) is 0 Å². The first-order valence-electron chi connectivity index (χ1n) is 7.46. The number of rotatable bonds is 3. The summed E-state index contributed by atoms with van der Waals surface area (Å²) in [5.74, 6) is 0.802. The van der Waals surface area contributed by atoms with E-state index in [1.807, 2.05) is 0 Å². The van der Waals surface area contributed by atoms with Gasteiger partial charge >= 0.3 is 0 Å². The standard InChI is InChI=1S/C17H28N2/c1-13(18)11-14-5-7-16(8-6-14)19-10-9-15(12-19)17(2,3)4/h5-8,13,15H,9-12,18H2,1-4H3. The first kappa shape index (κ1) is 14.4. The summed E-state index contributed by atoms with van der Waals surface area (Å²) < 4.78 is 0. The number of hydrogen-bond donors (Lipinski definition) is 1. The van der Waals surface area contributed by atoms with E-state index in [-0.39, 0.29) is 6.04 Å². The highest BCUT2D eigenvalue weighted by Gasteiger charge is 2.31. The molecule has 1 aliphatic heterocycles. The SMILES string of the molecule is CC(N)Cc1ccc(N2CCC(C(C)(C)C)C2)cc1. The maximum Gasteiger partial charge on any atom is 0.0366 e. The van der Waals surface area contributed by atoms with E-state index in [4.69, 9.17) is 5.73 Å². The molecule has 19 heavy (non-hydrogen) atoms. The molecule has 0 saturated carbocycles. The minimum atomic E-state index is 0.239. The summed E-state index contributed by atoms with van der Waals surface area (Å²) in [5.41, 5.74) is 8.96. The molecule has 2 heteroatoms. The van der Waals surface area contributed by atoms with Gasteiger partial charge in [-0.1, -0.05) is 32.9 Å². The second-order valence-electron chi connectivity index (χ2n) is 7.15. The molecule has 1 aliphatic rings. The molecule has 2 nitrogen and oxygen atoms in total. The van der Waals surface area contributed by atoms with Gasteiger partial charge in [0.15, 0.2) is 0 Å². The van der Waals surface area contributed by atoms with Crippen LogP contribution in [0.5, 0.6) is 0 Å². The van der Waals surface area contributed by atoms with E-state index in [1.54, 1.807) is 0 Å². The lowest BCUT2D eigenvalue weighted by molar-refractivity contribution is 0.263. The second-order valence-corrected chi connectivity index (χ2v) is 7.15. The fourth-order valence-corrected chi connectivity index (χ4v) is 2.92. The third-order valence-electron chi connectivity index (χ3n) is 4.27. The smallest absolute Gasteiger partial charge is 0.0366 e.